The lowest BCUT2D eigenvalue weighted by atomic mass is 10.1. The largest absolute Gasteiger partial charge is 0.493 e. The predicted molar refractivity (Wildman–Crippen MR) is 145 cm³/mol. The smallest absolute Gasteiger partial charge is 0.345 e. The highest BCUT2D eigenvalue weighted by Crippen LogP contribution is 2.36. The van der Waals surface area contributed by atoms with Crippen molar-refractivity contribution in [3.8, 4) is 11.5 Å². The molecule has 0 N–H and O–H groups in total. The number of hydrogen-bond donors (Lipinski definition) is 0. The maximum absolute atomic E-state index is 13.1. The van der Waals surface area contributed by atoms with Crippen molar-refractivity contribution in [2.75, 3.05) is 7.11 Å². The molecule has 0 spiro atoms. The Hall–Kier alpha value is -4.07. The van der Waals surface area contributed by atoms with E-state index < -0.39 is 5.97 Å². The highest BCUT2D eigenvalue weighted by Gasteiger charge is 2.35. The fourth-order valence-corrected chi connectivity index (χ4v) is 5.00. The van der Waals surface area contributed by atoms with Crippen LogP contribution < -0.4 is 9.47 Å². The molecule has 1 aliphatic rings. The van der Waals surface area contributed by atoms with E-state index >= 15 is 0 Å². The van der Waals surface area contributed by atoms with Gasteiger partial charge in [-0.1, -0.05) is 66.2 Å². The number of thioether (sulfide) groups is 1. The van der Waals surface area contributed by atoms with Crippen molar-refractivity contribution in [3.05, 3.63) is 112 Å². The fourth-order valence-electron chi connectivity index (χ4n) is 3.95. The molecule has 8 heteroatoms. The Bertz CT molecular complexity index is 1580. The predicted octanol–water partition coefficient (Wildman–Crippen LogP) is 6.96. The molecular weight excluding hydrogens is 510 g/mol. The number of carbonyl (C=O) groups excluding carboxylic acids is 3. The lowest BCUT2D eigenvalue weighted by Crippen LogP contribution is -2.27. The standard InChI is InChI=1S/C29H20ClNO5S/c1-35-24-13-11-18(15-25(24)36-28(33)22-8-4-5-9-23(22)30)16-26-27(32)31(29(34)37-26)17-19-10-12-20-6-2-3-7-21(20)14-19/h2-16H,17H2,1H3/b26-16-. The van der Waals surface area contributed by atoms with Gasteiger partial charge in [0.1, 0.15) is 0 Å². The SMILES string of the molecule is COc1ccc(/C=C2\SC(=O)N(Cc3ccc4ccccc4c3)C2=O)cc1OC(=O)c1ccccc1Cl. The summed E-state index contributed by atoms with van der Waals surface area (Å²) in [5.41, 5.74) is 1.64. The van der Waals surface area contributed by atoms with Crippen LogP contribution in [-0.2, 0) is 11.3 Å². The van der Waals surface area contributed by atoms with E-state index in [9.17, 15) is 14.4 Å². The van der Waals surface area contributed by atoms with Crippen molar-refractivity contribution in [1.29, 1.82) is 0 Å². The summed E-state index contributed by atoms with van der Waals surface area (Å²) in [6, 6.07) is 25.3. The van der Waals surface area contributed by atoms with Crippen molar-refractivity contribution in [2.24, 2.45) is 0 Å². The molecule has 0 aliphatic carbocycles. The minimum atomic E-state index is -0.642. The molecule has 1 heterocycles. The molecule has 5 rings (SSSR count). The van der Waals surface area contributed by atoms with Gasteiger partial charge in [0.15, 0.2) is 11.5 Å². The number of esters is 1. The van der Waals surface area contributed by atoms with Crippen LogP contribution in [0, 0.1) is 0 Å². The van der Waals surface area contributed by atoms with Crippen molar-refractivity contribution < 1.29 is 23.9 Å². The molecule has 6 nitrogen and oxygen atoms in total. The van der Waals surface area contributed by atoms with Gasteiger partial charge in [0.05, 0.1) is 29.1 Å². The van der Waals surface area contributed by atoms with E-state index in [1.807, 2.05) is 42.5 Å². The second kappa shape index (κ2) is 10.5. The van der Waals surface area contributed by atoms with E-state index in [0.717, 1.165) is 28.1 Å². The monoisotopic (exact) mass is 529 g/mol. The van der Waals surface area contributed by atoms with Crippen LogP contribution in [0.25, 0.3) is 16.8 Å². The number of carbonyl (C=O) groups is 3. The molecule has 0 atom stereocenters. The van der Waals surface area contributed by atoms with Crippen LogP contribution >= 0.6 is 23.4 Å². The molecule has 1 saturated heterocycles. The molecule has 1 fully saturated rings. The highest BCUT2D eigenvalue weighted by molar-refractivity contribution is 8.18. The van der Waals surface area contributed by atoms with Gasteiger partial charge < -0.3 is 9.47 Å². The van der Waals surface area contributed by atoms with Gasteiger partial charge in [0, 0.05) is 0 Å². The van der Waals surface area contributed by atoms with Gasteiger partial charge in [-0.2, -0.15) is 0 Å². The number of rotatable bonds is 6. The number of imide groups is 1. The summed E-state index contributed by atoms with van der Waals surface area (Å²) < 4.78 is 10.9. The van der Waals surface area contributed by atoms with Gasteiger partial charge >= 0.3 is 5.97 Å². The van der Waals surface area contributed by atoms with Crippen LogP contribution in [0.2, 0.25) is 5.02 Å². The number of ether oxygens (including phenoxy) is 2. The van der Waals surface area contributed by atoms with Crippen molar-refractivity contribution in [2.45, 2.75) is 6.54 Å². The lowest BCUT2D eigenvalue weighted by molar-refractivity contribution is -0.123. The van der Waals surface area contributed by atoms with E-state index in [-0.39, 0.29) is 38.9 Å². The van der Waals surface area contributed by atoms with Gasteiger partial charge in [0.25, 0.3) is 11.1 Å². The van der Waals surface area contributed by atoms with Gasteiger partial charge in [-0.15, -0.1) is 0 Å². The van der Waals surface area contributed by atoms with Gasteiger partial charge in [-0.25, -0.2) is 4.79 Å². The van der Waals surface area contributed by atoms with Gasteiger partial charge in [-0.3, -0.25) is 14.5 Å². The van der Waals surface area contributed by atoms with Crippen molar-refractivity contribution >= 4 is 57.3 Å². The third-order valence-electron chi connectivity index (χ3n) is 5.81. The number of halogens is 1. The van der Waals surface area contributed by atoms with E-state index in [0.29, 0.717) is 11.3 Å². The maximum atomic E-state index is 13.1. The molecular formula is C29H20ClNO5S. The zero-order chi connectivity index (χ0) is 25.9. The quantitative estimate of drug-likeness (QED) is 0.153. The normalized spacial score (nSPS) is 14.4. The summed E-state index contributed by atoms with van der Waals surface area (Å²) in [6.45, 7) is 0.177. The van der Waals surface area contributed by atoms with E-state index in [1.165, 1.54) is 12.0 Å². The van der Waals surface area contributed by atoms with E-state index in [4.69, 9.17) is 21.1 Å². The average molecular weight is 530 g/mol. The van der Waals surface area contributed by atoms with Crippen molar-refractivity contribution in [1.82, 2.24) is 4.90 Å². The highest BCUT2D eigenvalue weighted by atomic mass is 35.5. The Morgan fingerprint density at radius 1 is 0.919 bits per heavy atom. The van der Waals surface area contributed by atoms with Crippen LogP contribution in [-0.4, -0.2) is 29.1 Å². The molecule has 4 aromatic rings. The molecule has 1 aliphatic heterocycles. The summed E-state index contributed by atoms with van der Waals surface area (Å²) in [5, 5.41) is 2.05. The Morgan fingerprint density at radius 2 is 1.68 bits per heavy atom. The Labute approximate surface area is 222 Å². The number of fused-ring (bicyclic) bond motifs is 1. The van der Waals surface area contributed by atoms with Gasteiger partial charge in [0.2, 0.25) is 0 Å². The zero-order valence-corrected chi connectivity index (χ0v) is 21.2. The number of benzene rings is 4. The first-order valence-electron chi connectivity index (χ1n) is 11.3. The van der Waals surface area contributed by atoms with Crippen molar-refractivity contribution in [3.63, 3.8) is 0 Å². The number of methoxy groups -OCH3 is 1. The fraction of sp³-hybridized carbons (Fsp3) is 0.0690. The Morgan fingerprint density at radius 3 is 2.46 bits per heavy atom. The summed E-state index contributed by atoms with van der Waals surface area (Å²) in [5.74, 6) is -0.524. The van der Waals surface area contributed by atoms with E-state index in [2.05, 4.69) is 0 Å². The molecule has 0 unspecified atom stereocenters. The molecule has 0 saturated carbocycles. The second-order valence-corrected chi connectivity index (χ2v) is 9.63. The lowest BCUT2D eigenvalue weighted by Gasteiger charge is -2.13. The van der Waals surface area contributed by atoms with Crippen LogP contribution in [0.1, 0.15) is 21.5 Å². The average Bonchev–Trinajstić information content (AvgIpc) is 3.16. The van der Waals surface area contributed by atoms with Crippen LogP contribution in [0.15, 0.2) is 89.8 Å². The molecule has 0 radical (unpaired) electrons. The minimum absolute atomic E-state index is 0.163. The first-order valence-corrected chi connectivity index (χ1v) is 12.5. The molecule has 2 amide bonds. The number of hydrogen-bond acceptors (Lipinski definition) is 6. The molecule has 184 valence electrons. The Balaban J connectivity index is 1.37. The molecule has 0 aromatic heterocycles. The molecule has 4 aromatic carbocycles. The topological polar surface area (TPSA) is 72.9 Å². The molecule has 0 bridgehead atoms. The number of nitrogens with zero attached hydrogens (tertiary/aromatic N) is 1. The van der Waals surface area contributed by atoms with Crippen LogP contribution in [0.5, 0.6) is 11.5 Å². The zero-order valence-electron chi connectivity index (χ0n) is 19.6. The second-order valence-electron chi connectivity index (χ2n) is 8.23. The summed E-state index contributed by atoms with van der Waals surface area (Å²) in [4.78, 5) is 39.9. The van der Waals surface area contributed by atoms with Crippen LogP contribution in [0.4, 0.5) is 4.79 Å². The van der Waals surface area contributed by atoms with Crippen LogP contribution in [0.3, 0.4) is 0 Å². The van der Waals surface area contributed by atoms with Gasteiger partial charge in [-0.05, 0) is 70.1 Å². The third-order valence-corrected chi connectivity index (χ3v) is 7.05. The maximum Gasteiger partial charge on any atom is 0.345 e. The first kappa shape index (κ1) is 24.6. The third kappa shape index (κ3) is 5.23. The summed E-state index contributed by atoms with van der Waals surface area (Å²) >= 11 is 6.99. The number of amides is 2. The first-order chi connectivity index (χ1) is 17.9. The Kier molecular flexibility index (Phi) is 6.99. The van der Waals surface area contributed by atoms with E-state index in [1.54, 1.807) is 48.5 Å². The summed E-state index contributed by atoms with van der Waals surface area (Å²) in [6.07, 6.45) is 1.59. The minimum Gasteiger partial charge on any atom is -0.493 e. The molecule has 37 heavy (non-hydrogen) atoms. The summed E-state index contributed by atoms with van der Waals surface area (Å²) in [7, 11) is 1.46.